The molecular formula is C11H20N4O2. The summed E-state index contributed by atoms with van der Waals surface area (Å²) in [6.45, 7) is 5.60. The first-order valence-electron chi connectivity index (χ1n) is 5.61. The van der Waals surface area contributed by atoms with Crippen LogP contribution in [0.2, 0.25) is 0 Å². The van der Waals surface area contributed by atoms with E-state index in [-0.39, 0.29) is 30.2 Å². The Morgan fingerprint density at radius 1 is 1.53 bits per heavy atom. The average Bonchev–Trinajstić information content (AvgIpc) is 2.68. The second kappa shape index (κ2) is 5.18. The minimum Gasteiger partial charge on any atom is -0.395 e. The lowest BCUT2D eigenvalue weighted by atomic mass is 10.1. The minimum atomic E-state index is -0.285. The number of nitrogens with two attached hydrogens (primary N) is 1. The largest absolute Gasteiger partial charge is 0.395 e. The van der Waals surface area contributed by atoms with Crippen LogP contribution >= 0.6 is 0 Å². The number of aromatic amines is 1. The molecule has 1 heterocycles. The molecule has 4 N–H and O–H groups in total. The number of nitrogen functional groups attached to an aromatic ring is 1. The maximum absolute atomic E-state index is 12.1. The Balaban J connectivity index is 2.97. The number of H-pyrrole nitrogens is 1. The number of amides is 1. The van der Waals surface area contributed by atoms with Gasteiger partial charge in [0.2, 0.25) is 0 Å². The summed E-state index contributed by atoms with van der Waals surface area (Å²) < 4.78 is 0. The number of nitrogens with one attached hydrogen (secondary N) is 1. The van der Waals surface area contributed by atoms with Crippen LogP contribution in [-0.4, -0.2) is 45.8 Å². The van der Waals surface area contributed by atoms with Gasteiger partial charge in [-0.1, -0.05) is 13.8 Å². The third-order valence-corrected chi connectivity index (χ3v) is 2.86. The van der Waals surface area contributed by atoms with Crippen molar-refractivity contribution in [1.29, 1.82) is 0 Å². The minimum absolute atomic E-state index is 0.0936. The number of nitrogens with zero attached hydrogens (tertiary/aromatic N) is 2. The van der Waals surface area contributed by atoms with Crippen LogP contribution in [0.5, 0.6) is 0 Å². The average molecular weight is 240 g/mol. The molecule has 17 heavy (non-hydrogen) atoms. The van der Waals surface area contributed by atoms with E-state index in [0.717, 1.165) is 5.69 Å². The SMILES string of the molecule is CC(C)c1[nH]nc(C(=O)N(C)C(C)CO)c1N. The van der Waals surface area contributed by atoms with Crippen molar-refractivity contribution in [3.8, 4) is 0 Å². The number of carbonyl (C=O) groups is 1. The maximum atomic E-state index is 12.1. The van der Waals surface area contributed by atoms with E-state index in [0.29, 0.717) is 5.69 Å². The lowest BCUT2D eigenvalue weighted by Crippen LogP contribution is -2.37. The molecule has 0 radical (unpaired) electrons. The Kier molecular flexibility index (Phi) is 4.11. The molecule has 1 aromatic rings. The maximum Gasteiger partial charge on any atom is 0.276 e. The standard InChI is InChI=1S/C11H20N4O2/c1-6(2)9-8(12)10(14-13-9)11(17)15(4)7(3)5-16/h6-7,16H,5,12H2,1-4H3,(H,13,14). The van der Waals surface area contributed by atoms with Gasteiger partial charge in [-0.15, -0.1) is 0 Å². The fourth-order valence-corrected chi connectivity index (χ4v) is 1.46. The van der Waals surface area contributed by atoms with E-state index >= 15 is 0 Å². The third kappa shape index (κ3) is 2.58. The van der Waals surface area contributed by atoms with Crippen molar-refractivity contribution in [2.75, 3.05) is 19.4 Å². The van der Waals surface area contributed by atoms with Crippen molar-refractivity contribution in [3.63, 3.8) is 0 Å². The Morgan fingerprint density at radius 2 is 2.12 bits per heavy atom. The van der Waals surface area contributed by atoms with E-state index < -0.39 is 0 Å². The van der Waals surface area contributed by atoms with Crippen molar-refractivity contribution in [2.24, 2.45) is 0 Å². The molecule has 0 aliphatic rings. The van der Waals surface area contributed by atoms with E-state index in [1.54, 1.807) is 14.0 Å². The number of aromatic nitrogens is 2. The first-order valence-corrected chi connectivity index (χ1v) is 5.61. The molecule has 1 atom stereocenters. The topological polar surface area (TPSA) is 95.2 Å². The summed E-state index contributed by atoms with van der Waals surface area (Å²) in [5, 5.41) is 15.7. The van der Waals surface area contributed by atoms with Crippen LogP contribution in [-0.2, 0) is 0 Å². The van der Waals surface area contributed by atoms with Gasteiger partial charge < -0.3 is 15.7 Å². The second-order valence-corrected chi connectivity index (χ2v) is 4.50. The van der Waals surface area contributed by atoms with Gasteiger partial charge in [0.05, 0.1) is 24.0 Å². The summed E-state index contributed by atoms with van der Waals surface area (Å²) in [6.07, 6.45) is 0. The number of aliphatic hydroxyl groups is 1. The summed E-state index contributed by atoms with van der Waals surface area (Å²) in [6, 6.07) is -0.263. The molecule has 0 aromatic carbocycles. The number of hydrogen-bond donors (Lipinski definition) is 3. The first kappa shape index (κ1) is 13.5. The van der Waals surface area contributed by atoms with Crippen molar-refractivity contribution in [2.45, 2.75) is 32.7 Å². The van der Waals surface area contributed by atoms with Crippen molar-refractivity contribution in [3.05, 3.63) is 11.4 Å². The molecule has 0 aliphatic carbocycles. The smallest absolute Gasteiger partial charge is 0.276 e. The van der Waals surface area contributed by atoms with Crippen LogP contribution in [0.3, 0.4) is 0 Å². The molecule has 6 heteroatoms. The number of likely N-dealkylation sites (N-methyl/N-ethyl adjacent to an activating group) is 1. The normalized spacial score (nSPS) is 12.8. The van der Waals surface area contributed by atoms with E-state index in [1.165, 1.54) is 4.90 Å². The van der Waals surface area contributed by atoms with E-state index in [9.17, 15) is 4.79 Å². The monoisotopic (exact) mass is 240 g/mol. The van der Waals surface area contributed by atoms with Gasteiger partial charge in [-0.2, -0.15) is 5.10 Å². The second-order valence-electron chi connectivity index (χ2n) is 4.50. The molecule has 0 aliphatic heterocycles. The summed E-state index contributed by atoms with van der Waals surface area (Å²) in [5.74, 6) is -0.100. The van der Waals surface area contributed by atoms with Gasteiger partial charge in [-0.25, -0.2) is 0 Å². The van der Waals surface area contributed by atoms with Crippen LogP contribution in [0.15, 0.2) is 0 Å². The Bertz CT molecular complexity index is 400. The molecule has 6 nitrogen and oxygen atoms in total. The third-order valence-electron chi connectivity index (χ3n) is 2.86. The highest BCUT2D eigenvalue weighted by molar-refractivity contribution is 5.97. The molecule has 0 saturated heterocycles. The quantitative estimate of drug-likeness (QED) is 0.717. The fourth-order valence-electron chi connectivity index (χ4n) is 1.46. The molecule has 1 aromatic heterocycles. The van der Waals surface area contributed by atoms with Crippen molar-refractivity contribution < 1.29 is 9.90 Å². The summed E-state index contributed by atoms with van der Waals surface area (Å²) >= 11 is 0. The highest BCUT2D eigenvalue weighted by Gasteiger charge is 2.24. The van der Waals surface area contributed by atoms with E-state index in [4.69, 9.17) is 10.8 Å². The zero-order valence-electron chi connectivity index (χ0n) is 10.7. The Hall–Kier alpha value is -1.56. The van der Waals surface area contributed by atoms with Gasteiger partial charge in [-0.3, -0.25) is 9.89 Å². The molecule has 1 amide bonds. The van der Waals surface area contributed by atoms with Gasteiger partial charge in [0.1, 0.15) is 0 Å². The van der Waals surface area contributed by atoms with Crippen molar-refractivity contribution >= 4 is 11.6 Å². The Labute approximate surface area is 101 Å². The summed E-state index contributed by atoms with van der Waals surface area (Å²) in [4.78, 5) is 13.5. The highest BCUT2D eigenvalue weighted by Crippen LogP contribution is 2.23. The fraction of sp³-hybridized carbons (Fsp3) is 0.636. The van der Waals surface area contributed by atoms with Gasteiger partial charge in [0.15, 0.2) is 5.69 Å². The number of hydrogen-bond acceptors (Lipinski definition) is 4. The van der Waals surface area contributed by atoms with E-state index in [2.05, 4.69) is 10.2 Å². The predicted octanol–water partition coefficient (Wildman–Crippen LogP) is 0.568. The molecule has 1 rings (SSSR count). The number of aliphatic hydroxyl groups excluding tert-OH is 1. The molecular weight excluding hydrogens is 220 g/mol. The van der Waals surface area contributed by atoms with Crippen LogP contribution in [0.1, 0.15) is 42.9 Å². The lowest BCUT2D eigenvalue weighted by molar-refractivity contribution is 0.0677. The predicted molar refractivity (Wildman–Crippen MR) is 65.7 cm³/mol. The van der Waals surface area contributed by atoms with Gasteiger partial charge in [0, 0.05) is 7.05 Å². The zero-order chi connectivity index (χ0) is 13.2. The van der Waals surface area contributed by atoms with E-state index in [1.807, 2.05) is 13.8 Å². The lowest BCUT2D eigenvalue weighted by Gasteiger charge is -2.22. The molecule has 0 saturated carbocycles. The first-order chi connectivity index (χ1) is 7.90. The van der Waals surface area contributed by atoms with Crippen LogP contribution in [0, 0.1) is 0 Å². The number of anilines is 1. The molecule has 0 fully saturated rings. The van der Waals surface area contributed by atoms with Crippen LogP contribution in [0.4, 0.5) is 5.69 Å². The molecule has 0 bridgehead atoms. The van der Waals surface area contributed by atoms with Gasteiger partial charge in [0.25, 0.3) is 5.91 Å². The number of carbonyl (C=O) groups excluding carboxylic acids is 1. The Morgan fingerprint density at radius 3 is 2.53 bits per heavy atom. The number of rotatable bonds is 4. The van der Waals surface area contributed by atoms with Crippen LogP contribution < -0.4 is 5.73 Å². The molecule has 0 spiro atoms. The van der Waals surface area contributed by atoms with Crippen LogP contribution in [0.25, 0.3) is 0 Å². The van der Waals surface area contributed by atoms with Gasteiger partial charge in [-0.05, 0) is 12.8 Å². The van der Waals surface area contributed by atoms with Crippen molar-refractivity contribution in [1.82, 2.24) is 15.1 Å². The molecule has 1 unspecified atom stereocenters. The summed E-state index contributed by atoms with van der Waals surface area (Å²) in [5.41, 5.74) is 7.25. The summed E-state index contributed by atoms with van der Waals surface area (Å²) in [7, 11) is 1.62. The zero-order valence-corrected chi connectivity index (χ0v) is 10.7. The molecule has 96 valence electrons. The van der Waals surface area contributed by atoms with Gasteiger partial charge >= 0.3 is 0 Å². The highest BCUT2D eigenvalue weighted by atomic mass is 16.3.